The lowest BCUT2D eigenvalue weighted by molar-refractivity contribution is 0.0592. The van der Waals surface area contributed by atoms with Gasteiger partial charge in [-0.15, -0.1) is 0 Å². The number of hydrogen-bond acceptors (Lipinski definition) is 6. The third-order valence-corrected chi connectivity index (χ3v) is 5.62. The first-order chi connectivity index (χ1) is 13.1. The van der Waals surface area contributed by atoms with E-state index in [0.29, 0.717) is 17.9 Å². The number of ether oxygens (including phenoxy) is 4. The van der Waals surface area contributed by atoms with Crippen LogP contribution in [0, 0.1) is 11.8 Å². The molecule has 0 radical (unpaired) electrons. The fraction of sp³-hybridized carbons (Fsp3) is 0.476. The minimum absolute atomic E-state index is 0.0828. The molecule has 2 atom stereocenters. The van der Waals surface area contributed by atoms with Crippen molar-refractivity contribution >= 4 is 5.78 Å². The van der Waals surface area contributed by atoms with Crippen LogP contribution in [-0.4, -0.2) is 51.8 Å². The molecule has 3 aliphatic rings. The molecule has 6 heteroatoms. The van der Waals surface area contributed by atoms with E-state index in [4.69, 9.17) is 18.9 Å². The van der Waals surface area contributed by atoms with Gasteiger partial charge in [0.05, 0.1) is 14.2 Å². The number of Topliss-reactive ketones (excluding diaryl/α,β-unsaturated/α-hetero) is 1. The second-order valence-electron chi connectivity index (χ2n) is 7.27. The summed E-state index contributed by atoms with van der Waals surface area (Å²) in [6, 6.07) is 3.75. The maximum Gasteiger partial charge on any atom is 0.230 e. The summed E-state index contributed by atoms with van der Waals surface area (Å²) in [4.78, 5) is 15.5. The van der Waals surface area contributed by atoms with E-state index in [2.05, 4.69) is 18.0 Å². The van der Waals surface area contributed by atoms with Crippen LogP contribution in [-0.2, 0) is 15.9 Å². The normalized spacial score (nSPS) is 25.1. The predicted molar refractivity (Wildman–Crippen MR) is 99.9 cm³/mol. The molecule has 0 bridgehead atoms. The molecule has 1 aromatic carbocycles. The molecular weight excluding hydrogens is 346 g/mol. The topological polar surface area (TPSA) is 57.2 Å². The van der Waals surface area contributed by atoms with Crippen molar-refractivity contribution in [3.63, 3.8) is 0 Å². The van der Waals surface area contributed by atoms with Crippen LogP contribution >= 0.6 is 0 Å². The molecule has 2 unspecified atom stereocenters. The van der Waals surface area contributed by atoms with Crippen LogP contribution in [0.3, 0.4) is 0 Å². The molecule has 6 nitrogen and oxygen atoms in total. The van der Waals surface area contributed by atoms with Gasteiger partial charge in [-0.1, -0.05) is 6.08 Å². The number of nitrogens with zero attached hydrogens (tertiary/aromatic N) is 1. The summed E-state index contributed by atoms with van der Waals surface area (Å²) in [5.41, 5.74) is 1.72. The maximum atomic E-state index is 13.2. The van der Waals surface area contributed by atoms with Crippen molar-refractivity contribution in [2.45, 2.75) is 12.8 Å². The van der Waals surface area contributed by atoms with Gasteiger partial charge in [0.25, 0.3) is 0 Å². The van der Waals surface area contributed by atoms with Crippen molar-refractivity contribution in [1.82, 2.24) is 4.90 Å². The molecular formula is C21H25NO5. The van der Waals surface area contributed by atoms with Crippen LogP contribution in [0.25, 0.3) is 0 Å². The van der Waals surface area contributed by atoms with Gasteiger partial charge in [-0.3, -0.25) is 4.79 Å². The number of allylic oxidation sites excluding steroid dienone is 2. The Hall–Kier alpha value is -2.47. The number of carbonyl (C=O) groups excluding carboxylic acids is 1. The third-order valence-electron chi connectivity index (χ3n) is 5.62. The van der Waals surface area contributed by atoms with Crippen molar-refractivity contribution in [3.8, 4) is 11.5 Å². The predicted octanol–water partition coefficient (Wildman–Crippen LogP) is 2.78. The van der Waals surface area contributed by atoms with E-state index in [9.17, 15) is 4.79 Å². The van der Waals surface area contributed by atoms with E-state index in [1.54, 1.807) is 14.2 Å². The highest BCUT2D eigenvalue weighted by Gasteiger charge is 2.36. The third kappa shape index (κ3) is 3.30. The summed E-state index contributed by atoms with van der Waals surface area (Å²) in [6.07, 6.45) is 5.23. The minimum atomic E-state index is 0.0828. The molecule has 27 heavy (non-hydrogen) atoms. The van der Waals surface area contributed by atoms with Crippen molar-refractivity contribution in [2.24, 2.45) is 11.8 Å². The quantitative estimate of drug-likeness (QED) is 0.797. The fourth-order valence-electron chi connectivity index (χ4n) is 4.14. The lowest BCUT2D eigenvalue weighted by Gasteiger charge is -2.32. The molecule has 4 rings (SSSR count). The van der Waals surface area contributed by atoms with Crippen LogP contribution < -0.4 is 9.47 Å². The smallest absolute Gasteiger partial charge is 0.230 e. The number of fused-ring (bicyclic) bond motifs is 3. The molecule has 0 saturated carbocycles. The van der Waals surface area contributed by atoms with Gasteiger partial charge in [0.2, 0.25) is 6.79 Å². The Balaban J connectivity index is 1.71. The zero-order valence-electron chi connectivity index (χ0n) is 16.0. The van der Waals surface area contributed by atoms with Crippen molar-refractivity contribution in [3.05, 3.63) is 46.9 Å². The van der Waals surface area contributed by atoms with E-state index in [1.165, 1.54) is 0 Å². The Morgan fingerprint density at radius 2 is 1.93 bits per heavy atom. The van der Waals surface area contributed by atoms with Crippen molar-refractivity contribution in [1.29, 1.82) is 0 Å². The second kappa shape index (κ2) is 7.27. The standard InChI is InChI=1S/C21H25NO5/c1-22-7-6-14-9-19(24-2)20(25-3)10-15(14)17(23)8-13-4-5-18-21(16(13)11-22)27-12-26-18/h4-5,9-10,13,16H,6-8,11-12H2,1-3H3. The highest BCUT2D eigenvalue weighted by molar-refractivity contribution is 5.98. The molecule has 0 aromatic heterocycles. The molecule has 0 amide bonds. The highest BCUT2D eigenvalue weighted by atomic mass is 16.7. The second-order valence-corrected chi connectivity index (χ2v) is 7.27. The minimum Gasteiger partial charge on any atom is -0.493 e. The van der Waals surface area contributed by atoms with Crippen molar-refractivity contribution < 1.29 is 23.7 Å². The van der Waals surface area contributed by atoms with Gasteiger partial charge >= 0.3 is 0 Å². The van der Waals surface area contributed by atoms with E-state index >= 15 is 0 Å². The zero-order chi connectivity index (χ0) is 19.0. The number of methoxy groups -OCH3 is 2. The molecule has 2 heterocycles. The van der Waals surface area contributed by atoms with Gasteiger partial charge in [-0.05, 0) is 43.2 Å². The lowest BCUT2D eigenvalue weighted by atomic mass is 9.80. The van der Waals surface area contributed by atoms with Crippen LogP contribution in [0.15, 0.2) is 35.8 Å². The summed E-state index contributed by atoms with van der Waals surface area (Å²) >= 11 is 0. The first kappa shape index (κ1) is 17.9. The first-order valence-corrected chi connectivity index (χ1v) is 9.25. The molecule has 1 aromatic rings. The van der Waals surface area contributed by atoms with Gasteiger partial charge < -0.3 is 23.8 Å². The Morgan fingerprint density at radius 1 is 1.15 bits per heavy atom. The Kier molecular flexibility index (Phi) is 4.83. The number of rotatable bonds is 2. The number of carbonyl (C=O) groups is 1. The first-order valence-electron chi connectivity index (χ1n) is 9.25. The van der Waals surface area contributed by atoms with E-state index < -0.39 is 0 Å². The van der Waals surface area contributed by atoms with Gasteiger partial charge in [-0.2, -0.15) is 0 Å². The van der Waals surface area contributed by atoms with Crippen LogP contribution in [0.5, 0.6) is 11.5 Å². The van der Waals surface area contributed by atoms with E-state index in [0.717, 1.165) is 42.2 Å². The Bertz CT molecular complexity index is 813. The van der Waals surface area contributed by atoms with Gasteiger partial charge in [-0.25, -0.2) is 0 Å². The zero-order valence-corrected chi connectivity index (χ0v) is 16.0. The number of ketones is 1. The highest BCUT2D eigenvalue weighted by Crippen LogP contribution is 2.39. The number of benzene rings is 1. The number of hydrogen-bond donors (Lipinski definition) is 0. The van der Waals surface area contributed by atoms with E-state index in [1.807, 2.05) is 18.2 Å². The molecule has 0 fully saturated rings. The summed E-state index contributed by atoms with van der Waals surface area (Å²) in [6.45, 7) is 1.93. The fourth-order valence-corrected chi connectivity index (χ4v) is 4.14. The molecule has 2 aliphatic heterocycles. The number of likely N-dealkylation sites (N-methyl/N-ethyl adjacent to an activating group) is 1. The Labute approximate surface area is 159 Å². The van der Waals surface area contributed by atoms with Crippen molar-refractivity contribution in [2.75, 3.05) is 41.1 Å². The molecule has 1 aliphatic carbocycles. The average Bonchev–Trinajstić information content (AvgIpc) is 3.16. The van der Waals surface area contributed by atoms with Crippen LogP contribution in [0.1, 0.15) is 22.3 Å². The van der Waals surface area contributed by atoms with Crippen LogP contribution in [0.4, 0.5) is 0 Å². The summed E-state index contributed by atoms with van der Waals surface area (Å²) in [7, 11) is 5.31. The van der Waals surface area contributed by atoms with Gasteiger partial charge in [0.1, 0.15) is 5.76 Å². The lowest BCUT2D eigenvalue weighted by Crippen LogP contribution is -2.35. The summed E-state index contributed by atoms with van der Waals surface area (Å²) in [5.74, 6) is 3.27. The SMILES string of the molecule is COc1cc2c(cc1OC)C(=O)CC1C=CC3=C(OCO3)C1CN(C)CC2. The van der Waals surface area contributed by atoms with Gasteiger partial charge in [0, 0.05) is 31.0 Å². The largest absolute Gasteiger partial charge is 0.493 e. The summed E-state index contributed by atoms with van der Waals surface area (Å²) in [5, 5.41) is 0. The Morgan fingerprint density at radius 3 is 2.70 bits per heavy atom. The van der Waals surface area contributed by atoms with Crippen LogP contribution in [0.2, 0.25) is 0 Å². The maximum absolute atomic E-state index is 13.2. The molecule has 0 spiro atoms. The van der Waals surface area contributed by atoms with E-state index in [-0.39, 0.29) is 24.4 Å². The van der Waals surface area contributed by atoms with Gasteiger partial charge in [0.15, 0.2) is 23.0 Å². The molecule has 0 N–H and O–H groups in total. The monoisotopic (exact) mass is 371 g/mol. The molecule has 144 valence electrons. The summed E-state index contributed by atoms with van der Waals surface area (Å²) < 4.78 is 22.1. The average molecular weight is 371 g/mol. The molecule has 0 saturated heterocycles.